The van der Waals surface area contributed by atoms with Crippen molar-refractivity contribution in [3.05, 3.63) is 89.5 Å². The summed E-state index contributed by atoms with van der Waals surface area (Å²) in [4.78, 5) is 25.8. The molecule has 1 atom stereocenters. The van der Waals surface area contributed by atoms with E-state index >= 15 is 0 Å². The lowest BCUT2D eigenvalue weighted by atomic mass is 10.1. The molecular weight excluding hydrogens is 468 g/mol. The molecule has 0 saturated carbocycles. The molecule has 1 amide bonds. The van der Waals surface area contributed by atoms with Crippen LogP contribution in [0.2, 0.25) is 0 Å². The van der Waals surface area contributed by atoms with Gasteiger partial charge in [0.25, 0.3) is 5.91 Å². The number of nitrogens with one attached hydrogen (secondary N) is 2. The zero-order valence-corrected chi connectivity index (χ0v) is 20.6. The SMILES string of the molecule is COc1ccc(C)cc1NC(=O)[C@@H](OC(=O)CCNS(=O)(=O)c1ccc(C)cc1)c1ccccc1. The second-order valence-electron chi connectivity index (χ2n) is 7.93. The average molecular weight is 497 g/mol. The van der Waals surface area contributed by atoms with Crippen molar-refractivity contribution in [1.82, 2.24) is 4.72 Å². The summed E-state index contributed by atoms with van der Waals surface area (Å²) in [6, 6.07) is 20.3. The van der Waals surface area contributed by atoms with Crippen LogP contribution in [0.5, 0.6) is 5.75 Å². The van der Waals surface area contributed by atoms with Gasteiger partial charge in [-0.3, -0.25) is 9.59 Å². The van der Waals surface area contributed by atoms with Gasteiger partial charge in [0.2, 0.25) is 16.1 Å². The quantitative estimate of drug-likeness (QED) is 0.412. The molecule has 0 aromatic heterocycles. The van der Waals surface area contributed by atoms with E-state index in [1.165, 1.54) is 19.2 Å². The second-order valence-corrected chi connectivity index (χ2v) is 9.70. The Balaban J connectivity index is 1.68. The molecule has 0 fully saturated rings. The summed E-state index contributed by atoms with van der Waals surface area (Å²) in [6.07, 6.45) is -1.49. The van der Waals surface area contributed by atoms with Gasteiger partial charge in [0, 0.05) is 12.1 Å². The van der Waals surface area contributed by atoms with Gasteiger partial charge < -0.3 is 14.8 Å². The van der Waals surface area contributed by atoms with E-state index in [4.69, 9.17) is 9.47 Å². The van der Waals surface area contributed by atoms with E-state index in [9.17, 15) is 18.0 Å². The highest BCUT2D eigenvalue weighted by Gasteiger charge is 2.26. The highest BCUT2D eigenvalue weighted by Crippen LogP contribution is 2.28. The fraction of sp³-hybridized carbons (Fsp3) is 0.231. The van der Waals surface area contributed by atoms with E-state index in [0.29, 0.717) is 17.0 Å². The van der Waals surface area contributed by atoms with Crippen LogP contribution in [0.1, 0.15) is 29.2 Å². The number of carbonyl (C=O) groups is 2. The van der Waals surface area contributed by atoms with Crippen LogP contribution in [0.15, 0.2) is 77.7 Å². The van der Waals surface area contributed by atoms with Gasteiger partial charge in [-0.05, 0) is 43.7 Å². The molecule has 35 heavy (non-hydrogen) atoms. The Labute approximate surface area is 205 Å². The summed E-state index contributed by atoms with van der Waals surface area (Å²) < 4.78 is 38.0. The van der Waals surface area contributed by atoms with Crippen molar-refractivity contribution in [3.63, 3.8) is 0 Å². The van der Waals surface area contributed by atoms with Crippen LogP contribution in [-0.2, 0) is 24.3 Å². The van der Waals surface area contributed by atoms with Crippen molar-refractivity contribution in [3.8, 4) is 5.75 Å². The monoisotopic (exact) mass is 496 g/mol. The predicted octanol–water partition coefficient (Wildman–Crippen LogP) is 3.90. The van der Waals surface area contributed by atoms with Gasteiger partial charge in [-0.2, -0.15) is 0 Å². The highest BCUT2D eigenvalue weighted by molar-refractivity contribution is 7.89. The number of hydrogen-bond donors (Lipinski definition) is 2. The third kappa shape index (κ3) is 7.14. The standard InChI is InChI=1S/C26H28N2O6S/c1-18-9-12-21(13-10-18)35(31,32)27-16-15-24(29)34-25(20-7-5-4-6-8-20)26(30)28-22-17-19(2)11-14-23(22)33-3/h4-14,17,25,27H,15-16H2,1-3H3,(H,28,30)/t25-/m0/s1. The Morgan fingerprint density at radius 2 is 1.57 bits per heavy atom. The lowest BCUT2D eigenvalue weighted by Gasteiger charge is -2.19. The van der Waals surface area contributed by atoms with Crippen LogP contribution < -0.4 is 14.8 Å². The third-order valence-corrected chi connectivity index (χ3v) is 6.63. The first kappa shape index (κ1) is 25.9. The van der Waals surface area contributed by atoms with Crippen LogP contribution in [0.3, 0.4) is 0 Å². The summed E-state index contributed by atoms with van der Waals surface area (Å²) in [7, 11) is -2.28. The number of benzene rings is 3. The molecule has 0 saturated heterocycles. The summed E-state index contributed by atoms with van der Waals surface area (Å²) in [5.74, 6) is -0.821. The molecular formula is C26H28N2O6S. The second kappa shape index (κ2) is 11.6. The molecule has 0 heterocycles. The number of anilines is 1. The molecule has 0 aliphatic rings. The van der Waals surface area contributed by atoms with Crippen molar-refractivity contribution in [2.45, 2.75) is 31.3 Å². The van der Waals surface area contributed by atoms with Gasteiger partial charge in [-0.25, -0.2) is 13.1 Å². The predicted molar refractivity (Wildman–Crippen MR) is 133 cm³/mol. The van der Waals surface area contributed by atoms with Gasteiger partial charge in [0.1, 0.15) is 5.75 Å². The molecule has 3 rings (SSSR count). The van der Waals surface area contributed by atoms with Crippen molar-refractivity contribution in [2.24, 2.45) is 0 Å². The number of esters is 1. The number of sulfonamides is 1. The minimum Gasteiger partial charge on any atom is -0.495 e. The average Bonchev–Trinajstić information content (AvgIpc) is 2.83. The number of aryl methyl sites for hydroxylation is 2. The molecule has 0 spiro atoms. The van der Waals surface area contributed by atoms with Gasteiger partial charge in [0.05, 0.1) is 24.1 Å². The highest BCUT2D eigenvalue weighted by atomic mass is 32.2. The number of ether oxygens (including phenoxy) is 2. The number of methoxy groups -OCH3 is 1. The third-order valence-electron chi connectivity index (χ3n) is 5.16. The van der Waals surface area contributed by atoms with Gasteiger partial charge in [-0.1, -0.05) is 54.1 Å². The maximum absolute atomic E-state index is 13.1. The summed E-state index contributed by atoms with van der Waals surface area (Å²) >= 11 is 0. The minimum atomic E-state index is -3.77. The fourth-order valence-corrected chi connectivity index (χ4v) is 4.33. The molecule has 184 valence electrons. The molecule has 2 N–H and O–H groups in total. The summed E-state index contributed by atoms with van der Waals surface area (Å²) in [5, 5.41) is 2.76. The lowest BCUT2D eigenvalue weighted by Crippen LogP contribution is -2.29. The first-order valence-corrected chi connectivity index (χ1v) is 12.4. The van der Waals surface area contributed by atoms with Crippen LogP contribution in [0, 0.1) is 13.8 Å². The molecule has 3 aromatic rings. The minimum absolute atomic E-state index is 0.102. The van der Waals surface area contributed by atoms with E-state index in [0.717, 1.165) is 11.1 Å². The number of amides is 1. The molecule has 9 heteroatoms. The van der Waals surface area contributed by atoms with Crippen molar-refractivity contribution >= 4 is 27.6 Å². The Morgan fingerprint density at radius 1 is 0.914 bits per heavy atom. The van der Waals surface area contributed by atoms with Gasteiger partial charge >= 0.3 is 5.97 Å². The van der Waals surface area contributed by atoms with E-state index in [-0.39, 0.29) is 17.9 Å². The molecule has 8 nitrogen and oxygen atoms in total. The lowest BCUT2D eigenvalue weighted by molar-refractivity contribution is -0.154. The smallest absolute Gasteiger partial charge is 0.308 e. The molecule has 0 aliphatic heterocycles. The first-order valence-electron chi connectivity index (χ1n) is 11.0. The van der Waals surface area contributed by atoms with Gasteiger partial charge in [0.15, 0.2) is 0 Å². The zero-order chi connectivity index (χ0) is 25.4. The normalized spacial score (nSPS) is 12.0. The largest absolute Gasteiger partial charge is 0.495 e. The van der Waals surface area contributed by atoms with E-state index in [1.807, 2.05) is 19.9 Å². The molecule has 0 aliphatic carbocycles. The fourth-order valence-electron chi connectivity index (χ4n) is 3.30. The van der Waals surface area contributed by atoms with Crippen molar-refractivity contribution in [1.29, 1.82) is 0 Å². The van der Waals surface area contributed by atoms with E-state index < -0.39 is 28.0 Å². The first-order chi connectivity index (χ1) is 16.7. The Hall–Kier alpha value is -3.69. The van der Waals surface area contributed by atoms with Crippen LogP contribution in [0.4, 0.5) is 5.69 Å². The Kier molecular flexibility index (Phi) is 8.62. The zero-order valence-electron chi connectivity index (χ0n) is 19.8. The van der Waals surface area contributed by atoms with Crippen molar-refractivity contribution < 1.29 is 27.5 Å². The summed E-state index contributed by atoms with van der Waals surface area (Å²) in [6.45, 7) is 3.56. The molecule has 0 bridgehead atoms. The van der Waals surface area contributed by atoms with E-state index in [2.05, 4.69) is 10.0 Å². The molecule has 0 radical (unpaired) electrons. The maximum atomic E-state index is 13.1. The number of hydrogen-bond acceptors (Lipinski definition) is 6. The Bertz CT molecular complexity index is 1270. The topological polar surface area (TPSA) is 111 Å². The number of carbonyl (C=O) groups excluding carboxylic acids is 2. The van der Waals surface area contributed by atoms with Crippen LogP contribution >= 0.6 is 0 Å². The van der Waals surface area contributed by atoms with Crippen LogP contribution in [0.25, 0.3) is 0 Å². The summed E-state index contributed by atoms with van der Waals surface area (Å²) in [5.41, 5.74) is 2.77. The molecule has 3 aromatic carbocycles. The number of rotatable bonds is 10. The van der Waals surface area contributed by atoms with E-state index in [1.54, 1.807) is 54.6 Å². The Morgan fingerprint density at radius 3 is 2.23 bits per heavy atom. The van der Waals surface area contributed by atoms with Crippen LogP contribution in [-0.4, -0.2) is 33.9 Å². The maximum Gasteiger partial charge on any atom is 0.308 e. The molecule has 0 unspecified atom stereocenters. The van der Waals surface area contributed by atoms with Crippen molar-refractivity contribution in [2.75, 3.05) is 19.0 Å². The van der Waals surface area contributed by atoms with Gasteiger partial charge in [-0.15, -0.1) is 0 Å².